The molecule has 1 saturated heterocycles. The van der Waals surface area contributed by atoms with E-state index < -0.39 is 12.0 Å². The molecule has 1 aromatic rings. The summed E-state index contributed by atoms with van der Waals surface area (Å²) in [6.07, 6.45) is 1.72. The van der Waals surface area contributed by atoms with Gasteiger partial charge < -0.3 is 14.2 Å². The summed E-state index contributed by atoms with van der Waals surface area (Å²) < 4.78 is 15.9. The van der Waals surface area contributed by atoms with E-state index in [1.807, 2.05) is 6.07 Å². The van der Waals surface area contributed by atoms with Crippen molar-refractivity contribution in [3.8, 4) is 11.5 Å². The fraction of sp³-hybridized carbons (Fsp3) is 0.312. The lowest BCUT2D eigenvalue weighted by molar-refractivity contribution is -0.149. The smallest absolute Gasteiger partial charge is 0.329 e. The molecule has 2 aliphatic heterocycles. The van der Waals surface area contributed by atoms with Gasteiger partial charge in [-0.1, -0.05) is 30.0 Å². The molecule has 3 rings (SSSR count). The van der Waals surface area contributed by atoms with Crippen molar-refractivity contribution in [1.29, 1.82) is 0 Å². The fourth-order valence-corrected chi connectivity index (χ4v) is 3.75. The lowest BCUT2D eigenvalue weighted by Gasteiger charge is -2.21. The van der Waals surface area contributed by atoms with Crippen LogP contribution in [0.1, 0.15) is 19.4 Å². The van der Waals surface area contributed by atoms with Crippen LogP contribution in [0, 0.1) is 0 Å². The Kier molecular flexibility index (Phi) is 4.77. The summed E-state index contributed by atoms with van der Waals surface area (Å²) in [5.41, 5.74) is 0.795. The standard InChI is InChI=1S/C16H15NO5S2/c1-3-20-15(19)9(2)17-14(18)13(24-16(17)23)7-10-4-5-11-12(6-10)22-8-21-11/h4-7,9H,3,8H2,1-2H3/b13-7-. The van der Waals surface area contributed by atoms with Crippen LogP contribution in [0.15, 0.2) is 23.1 Å². The Bertz CT molecular complexity index is 746. The van der Waals surface area contributed by atoms with Crippen LogP contribution in [0.5, 0.6) is 11.5 Å². The van der Waals surface area contributed by atoms with Crippen molar-refractivity contribution in [2.75, 3.05) is 13.4 Å². The maximum absolute atomic E-state index is 12.6. The highest BCUT2D eigenvalue weighted by Crippen LogP contribution is 2.37. The second-order valence-corrected chi connectivity index (χ2v) is 6.77. The molecule has 0 spiro atoms. The topological polar surface area (TPSA) is 65.1 Å². The molecule has 8 heteroatoms. The SMILES string of the molecule is CCOC(=O)C(C)N1C(=O)/C(=C/c2ccc3c(c2)OCO3)SC1=S. The number of amides is 1. The highest BCUT2D eigenvalue weighted by molar-refractivity contribution is 8.26. The number of thioether (sulfide) groups is 1. The van der Waals surface area contributed by atoms with E-state index in [0.717, 1.165) is 17.3 Å². The van der Waals surface area contributed by atoms with Crippen LogP contribution < -0.4 is 9.47 Å². The van der Waals surface area contributed by atoms with Crippen LogP contribution in [-0.2, 0) is 14.3 Å². The lowest BCUT2D eigenvalue weighted by Crippen LogP contribution is -2.42. The van der Waals surface area contributed by atoms with Gasteiger partial charge in [-0.15, -0.1) is 0 Å². The van der Waals surface area contributed by atoms with Crippen LogP contribution in [-0.4, -0.2) is 40.5 Å². The van der Waals surface area contributed by atoms with Crippen molar-refractivity contribution in [3.63, 3.8) is 0 Å². The van der Waals surface area contributed by atoms with E-state index >= 15 is 0 Å². The Morgan fingerprint density at radius 3 is 2.96 bits per heavy atom. The lowest BCUT2D eigenvalue weighted by atomic mass is 10.2. The summed E-state index contributed by atoms with van der Waals surface area (Å²) in [4.78, 5) is 26.2. The molecule has 6 nitrogen and oxygen atoms in total. The van der Waals surface area contributed by atoms with Crippen molar-refractivity contribution in [2.45, 2.75) is 19.9 Å². The first-order chi connectivity index (χ1) is 11.5. The summed E-state index contributed by atoms with van der Waals surface area (Å²) in [7, 11) is 0. The maximum atomic E-state index is 12.6. The van der Waals surface area contributed by atoms with Gasteiger partial charge in [-0.3, -0.25) is 9.69 Å². The molecule has 0 bridgehead atoms. The highest BCUT2D eigenvalue weighted by atomic mass is 32.2. The first kappa shape index (κ1) is 16.8. The van der Waals surface area contributed by atoms with Gasteiger partial charge in [-0.2, -0.15) is 0 Å². The van der Waals surface area contributed by atoms with Crippen LogP contribution >= 0.6 is 24.0 Å². The van der Waals surface area contributed by atoms with Crippen LogP contribution in [0.2, 0.25) is 0 Å². The van der Waals surface area contributed by atoms with Crippen LogP contribution in [0.3, 0.4) is 0 Å². The number of nitrogens with zero attached hydrogens (tertiary/aromatic N) is 1. The van der Waals surface area contributed by atoms with E-state index in [-0.39, 0.29) is 19.3 Å². The van der Waals surface area contributed by atoms with E-state index in [1.165, 1.54) is 4.90 Å². The number of hydrogen-bond acceptors (Lipinski definition) is 7. The number of thiocarbonyl (C=S) groups is 1. The number of carbonyl (C=O) groups is 2. The summed E-state index contributed by atoms with van der Waals surface area (Å²) >= 11 is 6.41. The molecule has 1 fully saturated rings. The Morgan fingerprint density at radius 2 is 2.21 bits per heavy atom. The number of benzene rings is 1. The average Bonchev–Trinajstić information content (AvgIpc) is 3.11. The minimum absolute atomic E-state index is 0.192. The number of esters is 1. The van der Waals surface area contributed by atoms with Gasteiger partial charge in [0.25, 0.3) is 5.91 Å². The number of hydrogen-bond donors (Lipinski definition) is 0. The molecule has 0 aliphatic carbocycles. The predicted octanol–water partition coefficient (Wildman–Crippen LogP) is 2.57. The molecular weight excluding hydrogens is 350 g/mol. The summed E-state index contributed by atoms with van der Waals surface area (Å²) in [5, 5.41) is 0. The van der Waals surface area contributed by atoms with Crippen molar-refractivity contribution in [2.24, 2.45) is 0 Å². The van der Waals surface area contributed by atoms with Crippen molar-refractivity contribution < 1.29 is 23.8 Å². The monoisotopic (exact) mass is 365 g/mol. The summed E-state index contributed by atoms with van der Waals surface area (Å²) in [6.45, 7) is 3.77. The molecular formula is C16H15NO5S2. The van der Waals surface area contributed by atoms with Crippen molar-refractivity contribution >= 4 is 46.3 Å². The third-order valence-corrected chi connectivity index (χ3v) is 4.86. The van der Waals surface area contributed by atoms with Gasteiger partial charge in [0.2, 0.25) is 6.79 Å². The average molecular weight is 365 g/mol. The zero-order chi connectivity index (χ0) is 17.3. The molecule has 0 saturated carbocycles. The fourth-order valence-electron chi connectivity index (χ4n) is 2.34. The van der Waals surface area contributed by atoms with Crippen molar-refractivity contribution in [3.05, 3.63) is 28.7 Å². The van der Waals surface area contributed by atoms with Gasteiger partial charge in [-0.25, -0.2) is 4.79 Å². The predicted molar refractivity (Wildman–Crippen MR) is 93.7 cm³/mol. The number of fused-ring (bicyclic) bond motifs is 1. The number of ether oxygens (including phenoxy) is 3. The Balaban J connectivity index is 1.82. The minimum Gasteiger partial charge on any atom is -0.464 e. The Morgan fingerprint density at radius 1 is 1.46 bits per heavy atom. The molecule has 1 atom stereocenters. The van der Waals surface area contributed by atoms with E-state index in [2.05, 4.69) is 0 Å². The zero-order valence-corrected chi connectivity index (χ0v) is 14.7. The first-order valence-corrected chi connectivity index (χ1v) is 8.57. The molecule has 0 aromatic heterocycles. The largest absolute Gasteiger partial charge is 0.464 e. The van der Waals surface area contributed by atoms with Gasteiger partial charge in [0.15, 0.2) is 11.5 Å². The third-order valence-electron chi connectivity index (χ3n) is 3.53. The molecule has 1 unspecified atom stereocenters. The molecule has 24 heavy (non-hydrogen) atoms. The quantitative estimate of drug-likeness (QED) is 0.461. The first-order valence-electron chi connectivity index (χ1n) is 7.34. The van der Waals surface area contributed by atoms with E-state index in [1.54, 1.807) is 32.1 Å². The van der Waals surface area contributed by atoms with Gasteiger partial charge in [0, 0.05) is 0 Å². The van der Waals surface area contributed by atoms with E-state index in [0.29, 0.717) is 20.7 Å². The molecule has 1 amide bonds. The minimum atomic E-state index is -0.750. The van der Waals surface area contributed by atoms with E-state index in [4.69, 9.17) is 26.4 Å². The molecule has 2 aliphatic rings. The Hall–Kier alpha value is -2.06. The van der Waals surface area contributed by atoms with E-state index in [9.17, 15) is 9.59 Å². The molecule has 1 aromatic carbocycles. The number of rotatable bonds is 4. The Labute approximate surface area is 148 Å². The molecule has 126 valence electrons. The van der Waals surface area contributed by atoms with Crippen molar-refractivity contribution in [1.82, 2.24) is 4.90 Å². The molecule has 0 radical (unpaired) electrons. The zero-order valence-electron chi connectivity index (χ0n) is 13.1. The summed E-state index contributed by atoms with van der Waals surface area (Å²) in [6, 6.07) is 4.66. The van der Waals surface area contributed by atoms with Gasteiger partial charge in [-0.05, 0) is 37.6 Å². The molecule has 2 heterocycles. The maximum Gasteiger partial charge on any atom is 0.329 e. The second kappa shape index (κ2) is 6.82. The van der Waals surface area contributed by atoms with Crippen LogP contribution in [0.25, 0.3) is 6.08 Å². The van der Waals surface area contributed by atoms with Gasteiger partial charge >= 0.3 is 5.97 Å². The normalized spacial score (nSPS) is 19.1. The van der Waals surface area contributed by atoms with Gasteiger partial charge in [0.1, 0.15) is 10.4 Å². The molecule has 0 N–H and O–H groups in total. The highest BCUT2D eigenvalue weighted by Gasteiger charge is 2.38. The second-order valence-electron chi connectivity index (χ2n) is 5.09. The number of carbonyl (C=O) groups excluding carboxylic acids is 2. The van der Waals surface area contributed by atoms with Gasteiger partial charge in [0.05, 0.1) is 11.5 Å². The summed E-state index contributed by atoms with van der Waals surface area (Å²) in [5.74, 6) is 0.538. The van der Waals surface area contributed by atoms with Crippen LogP contribution in [0.4, 0.5) is 0 Å². The third kappa shape index (κ3) is 3.11.